The molecule has 2 aromatic rings. The van der Waals surface area contributed by atoms with Gasteiger partial charge in [-0.25, -0.2) is 4.79 Å². The average molecular weight is 265 g/mol. The molecule has 6 nitrogen and oxygen atoms in total. The molecule has 0 saturated heterocycles. The van der Waals surface area contributed by atoms with E-state index in [2.05, 4.69) is 10.4 Å². The highest BCUT2D eigenvalue weighted by Crippen LogP contribution is 2.18. The zero-order chi connectivity index (χ0) is 13.1. The molecule has 0 aliphatic rings. The van der Waals surface area contributed by atoms with Gasteiger partial charge in [0.1, 0.15) is 4.88 Å². The number of nitrogens with zero attached hydrogens (tertiary/aromatic N) is 2. The van der Waals surface area contributed by atoms with Crippen LogP contribution in [0, 0.1) is 0 Å². The van der Waals surface area contributed by atoms with Crippen molar-refractivity contribution in [2.45, 2.75) is 13.5 Å². The second kappa shape index (κ2) is 5.01. The fourth-order valence-electron chi connectivity index (χ4n) is 1.37. The molecule has 0 spiro atoms. The van der Waals surface area contributed by atoms with Crippen LogP contribution in [-0.2, 0) is 6.54 Å². The molecular formula is C11H11N3O3S. The molecule has 94 valence electrons. The molecule has 0 unspecified atom stereocenters. The predicted molar refractivity (Wildman–Crippen MR) is 67.1 cm³/mol. The summed E-state index contributed by atoms with van der Waals surface area (Å²) in [6.07, 6.45) is 3.26. The summed E-state index contributed by atoms with van der Waals surface area (Å²) in [5.41, 5.74) is 0.590. The number of nitrogens with one attached hydrogen (secondary N) is 1. The van der Waals surface area contributed by atoms with Gasteiger partial charge < -0.3 is 10.4 Å². The number of carboxylic acids is 1. The van der Waals surface area contributed by atoms with Crippen LogP contribution in [-0.4, -0.2) is 26.8 Å². The highest BCUT2D eigenvalue weighted by atomic mass is 32.1. The van der Waals surface area contributed by atoms with E-state index in [1.54, 1.807) is 17.1 Å². The van der Waals surface area contributed by atoms with Crippen LogP contribution in [0.15, 0.2) is 24.5 Å². The standard InChI is InChI=1S/C11H11N3O3S/c1-2-14-6-7(5-12-14)13-10(15)8-3-4-9(18-8)11(16)17/h3-6H,2H2,1H3,(H,13,15)(H,16,17). The number of aromatic nitrogens is 2. The van der Waals surface area contributed by atoms with Crippen LogP contribution in [0.2, 0.25) is 0 Å². The summed E-state index contributed by atoms with van der Waals surface area (Å²) in [4.78, 5) is 23.0. The Labute approximate surface area is 107 Å². The van der Waals surface area contributed by atoms with E-state index in [-0.39, 0.29) is 10.8 Å². The van der Waals surface area contributed by atoms with E-state index in [0.29, 0.717) is 10.6 Å². The second-order valence-electron chi connectivity index (χ2n) is 3.51. The Morgan fingerprint density at radius 2 is 2.17 bits per heavy atom. The quantitative estimate of drug-likeness (QED) is 0.884. The van der Waals surface area contributed by atoms with Gasteiger partial charge in [0.05, 0.1) is 16.8 Å². The maximum absolute atomic E-state index is 11.8. The van der Waals surface area contributed by atoms with Gasteiger partial charge in [0.25, 0.3) is 5.91 Å². The minimum absolute atomic E-state index is 0.143. The molecule has 0 saturated carbocycles. The number of aromatic carboxylic acids is 1. The first-order valence-corrected chi connectivity index (χ1v) is 6.08. The van der Waals surface area contributed by atoms with E-state index in [4.69, 9.17) is 5.11 Å². The van der Waals surface area contributed by atoms with Gasteiger partial charge >= 0.3 is 5.97 Å². The Balaban J connectivity index is 2.09. The summed E-state index contributed by atoms with van der Waals surface area (Å²) in [6, 6.07) is 2.91. The topological polar surface area (TPSA) is 84.2 Å². The van der Waals surface area contributed by atoms with Crippen molar-refractivity contribution in [3.63, 3.8) is 0 Å². The third-order valence-electron chi connectivity index (χ3n) is 2.26. The number of carbonyl (C=O) groups excluding carboxylic acids is 1. The van der Waals surface area contributed by atoms with Gasteiger partial charge in [-0.3, -0.25) is 9.48 Å². The van der Waals surface area contributed by atoms with Crippen LogP contribution in [0.25, 0.3) is 0 Å². The number of anilines is 1. The highest BCUT2D eigenvalue weighted by Gasteiger charge is 2.13. The van der Waals surface area contributed by atoms with Crippen LogP contribution in [0.1, 0.15) is 26.3 Å². The van der Waals surface area contributed by atoms with Crippen molar-refractivity contribution in [3.05, 3.63) is 34.3 Å². The third kappa shape index (κ3) is 2.57. The number of rotatable bonds is 4. The van der Waals surface area contributed by atoms with Crippen molar-refractivity contribution in [3.8, 4) is 0 Å². The number of hydrogen-bond donors (Lipinski definition) is 2. The number of amides is 1. The first kappa shape index (κ1) is 12.3. The summed E-state index contributed by atoms with van der Waals surface area (Å²) >= 11 is 0.942. The van der Waals surface area contributed by atoms with Gasteiger partial charge in [-0.15, -0.1) is 11.3 Å². The summed E-state index contributed by atoms with van der Waals surface area (Å²) < 4.78 is 1.69. The van der Waals surface area contributed by atoms with Gasteiger partial charge in [0, 0.05) is 12.7 Å². The molecule has 1 amide bonds. The zero-order valence-corrected chi connectivity index (χ0v) is 10.4. The van der Waals surface area contributed by atoms with E-state index < -0.39 is 5.97 Å². The fourth-order valence-corrected chi connectivity index (χ4v) is 2.11. The Morgan fingerprint density at radius 3 is 2.72 bits per heavy atom. The van der Waals surface area contributed by atoms with E-state index in [9.17, 15) is 9.59 Å². The van der Waals surface area contributed by atoms with Gasteiger partial charge in [0.2, 0.25) is 0 Å². The predicted octanol–water partition coefficient (Wildman–Crippen LogP) is 1.91. The number of aryl methyl sites for hydroxylation is 1. The Kier molecular flexibility index (Phi) is 3.42. The first-order valence-electron chi connectivity index (χ1n) is 5.27. The molecule has 0 aromatic carbocycles. The van der Waals surface area contributed by atoms with Crippen molar-refractivity contribution in [2.75, 3.05) is 5.32 Å². The van der Waals surface area contributed by atoms with Gasteiger partial charge in [-0.2, -0.15) is 5.10 Å². The summed E-state index contributed by atoms with van der Waals surface area (Å²) in [5.74, 6) is -1.36. The lowest BCUT2D eigenvalue weighted by Crippen LogP contribution is -2.09. The minimum Gasteiger partial charge on any atom is -0.477 e. The van der Waals surface area contributed by atoms with Crippen molar-refractivity contribution >= 4 is 28.9 Å². The molecular weight excluding hydrogens is 254 g/mol. The minimum atomic E-state index is -1.03. The number of carboxylic acid groups (broad SMARTS) is 1. The highest BCUT2D eigenvalue weighted by molar-refractivity contribution is 7.15. The summed E-state index contributed by atoms with van der Waals surface area (Å²) in [6.45, 7) is 2.66. The normalized spacial score (nSPS) is 10.3. The van der Waals surface area contributed by atoms with Crippen LogP contribution >= 0.6 is 11.3 Å². The molecule has 2 rings (SSSR count). The molecule has 18 heavy (non-hydrogen) atoms. The van der Waals surface area contributed by atoms with Crippen molar-refractivity contribution < 1.29 is 14.7 Å². The van der Waals surface area contributed by atoms with E-state index in [1.807, 2.05) is 6.92 Å². The second-order valence-corrected chi connectivity index (χ2v) is 4.59. The number of hydrogen-bond acceptors (Lipinski definition) is 4. The van der Waals surface area contributed by atoms with Gasteiger partial charge in [-0.05, 0) is 19.1 Å². The molecule has 2 heterocycles. The monoisotopic (exact) mass is 265 g/mol. The van der Waals surface area contributed by atoms with Crippen molar-refractivity contribution in [1.29, 1.82) is 0 Å². The number of thiophene rings is 1. The molecule has 0 fully saturated rings. The zero-order valence-electron chi connectivity index (χ0n) is 9.58. The maximum Gasteiger partial charge on any atom is 0.345 e. The largest absolute Gasteiger partial charge is 0.477 e. The van der Waals surface area contributed by atoms with Crippen molar-refractivity contribution in [1.82, 2.24) is 9.78 Å². The molecule has 2 N–H and O–H groups in total. The maximum atomic E-state index is 11.8. The van der Waals surface area contributed by atoms with E-state index >= 15 is 0 Å². The lowest BCUT2D eigenvalue weighted by molar-refractivity contribution is 0.0702. The number of carbonyl (C=O) groups is 2. The molecule has 0 bridgehead atoms. The molecule has 0 aliphatic heterocycles. The molecule has 0 atom stereocenters. The SMILES string of the molecule is CCn1cc(NC(=O)c2ccc(C(=O)O)s2)cn1. The summed E-state index contributed by atoms with van der Waals surface area (Å²) in [5, 5.41) is 15.5. The average Bonchev–Trinajstić information content (AvgIpc) is 2.97. The van der Waals surface area contributed by atoms with E-state index in [0.717, 1.165) is 17.9 Å². The van der Waals surface area contributed by atoms with Crippen LogP contribution in [0.5, 0.6) is 0 Å². The molecule has 0 aliphatic carbocycles. The third-order valence-corrected chi connectivity index (χ3v) is 3.33. The molecule has 0 radical (unpaired) electrons. The smallest absolute Gasteiger partial charge is 0.345 e. The Hall–Kier alpha value is -2.15. The summed E-state index contributed by atoms with van der Waals surface area (Å²) in [7, 11) is 0. The Bertz CT molecular complexity index is 588. The van der Waals surface area contributed by atoms with Crippen molar-refractivity contribution in [2.24, 2.45) is 0 Å². The van der Waals surface area contributed by atoms with Gasteiger partial charge in [-0.1, -0.05) is 0 Å². The van der Waals surface area contributed by atoms with E-state index in [1.165, 1.54) is 12.1 Å². The van der Waals surface area contributed by atoms with Crippen LogP contribution in [0.4, 0.5) is 5.69 Å². The molecule has 7 heteroatoms. The van der Waals surface area contributed by atoms with Crippen LogP contribution in [0.3, 0.4) is 0 Å². The van der Waals surface area contributed by atoms with Gasteiger partial charge in [0.15, 0.2) is 0 Å². The fraction of sp³-hybridized carbons (Fsp3) is 0.182. The lowest BCUT2D eigenvalue weighted by Gasteiger charge is -1.98. The molecule has 2 aromatic heterocycles. The Morgan fingerprint density at radius 1 is 1.44 bits per heavy atom. The first-order chi connectivity index (χ1) is 8.60. The van der Waals surface area contributed by atoms with Crippen LogP contribution < -0.4 is 5.32 Å². The lowest BCUT2D eigenvalue weighted by atomic mass is 10.4.